The van der Waals surface area contributed by atoms with E-state index in [4.69, 9.17) is 0 Å². The number of guanidine groups is 1. The molecule has 1 aromatic rings. The van der Waals surface area contributed by atoms with Gasteiger partial charge in [0.15, 0.2) is 5.96 Å². The van der Waals surface area contributed by atoms with Gasteiger partial charge in [0.05, 0.1) is 6.54 Å². The van der Waals surface area contributed by atoms with Crippen LogP contribution in [0.2, 0.25) is 0 Å². The molecule has 0 amide bonds. The van der Waals surface area contributed by atoms with Crippen molar-refractivity contribution in [1.29, 1.82) is 0 Å². The summed E-state index contributed by atoms with van der Waals surface area (Å²) in [6.07, 6.45) is 8.63. The minimum Gasteiger partial charge on any atom is -0.354 e. The smallest absolute Gasteiger partial charge is 0.191 e. The molecular weight excluding hydrogens is 248 g/mol. The van der Waals surface area contributed by atoms with Crippen molar-refractivity contribution in [3.63, 3.8) is 0 Å². The van der Waals surface area contributed by atoms with Crippen LogP contribution in [-0.2, 0) is 13.6 Å². The summed E-state index contributed by atoms with van der Waals surface area (Å²) < 4.78 is 2.13. The van der Waals surface area contributed by atoms with Gasteiger partial charge in [0.1, 0.15) is 0 Å². The van der Waals surface area contributed by atoms with Crippen molar-refractivity contribution in [3.05, 3.63) is 24.0 Å². The Morgan fingerprint density at radius 2 is 2.10 bits per heavy atom. The standard InChI is InChI=1S/C16H28N4/c1-4-13-7-9-14(10-8-13)19-16(17-2)18-12-15-6-5-11-20(15)3/h5-6,11,13-14H,4,7-10,12H2,1-3H3,(H2,17,18,19). The van der Waals surface area contributed by atoms with Crippen LogP contribution >= 0.6 is 0 Å². The maximum absolute atomic E-state index is 4.34. The van der Waals surface area contributed by atoms with Crippen LogP contribution < -0.4 is 10.6 Å². The van der Waals surface area contributed by atoms with E-state index >= 15 is 0 Å². The van der Waals surface area contributed by atoms with Gasteiger partial charge in [0.25, 0.3) is 0 Å². The Hall–Kier alpha value is -1.45. The Morgan fingerprint density at radius 3 is 2.65 bits per heavy atom. The van der Waals surface area contributed by atoms with E-state index in [1.165, 1.54) is 37.8 Å². The molecule has 0 atom stereocenters. The van der Waals surface area contributed by atoms with Crippen molar-refractivity contribution in [3.8, 4) is 0 Å². The lowest BCUT2D eigenvalue weighted by Crippen LogP contribution is -2.44. The van der Waals surface area contributed by atoms with Crippen molar-refractivity contribution >= 4 is 5.96 Å². The molecule has 1 saturated carbocycles. The predicted molar refractivity (Wildman–Crippen MR) is 84.8 cm³/mol. The third-order valence-electron chi connectivity index (χ3n) is 4.48. The molecule has 4 heteroatoms. The minimum atomic E-state index is 0.581. The topological polar surface area (TPSA) is 41.4 Å². The van der Waals surface area contributed by atoms with Crippen molar-refractivity contribution in [2.75, 3.05) is 7.05 Å². The van der Waals surface area contributed by atoms with Gasteiger partial charge in [0, 0.05) is 32.0 Å². The van der Waals surface area contributed by atoms with Gasteiger partial charge in [-0.05, 0) is 43.7 Å². The zero-order valence-electron chi connectivity index (χ0n) is 13.0. The molecule has 4 nitrogen and oxygen atoms in total. The van der Waals surface area contributed by atoms with Crippen LogP contribution in [0.25, 0.3) is 0 Å². The Labute approximate surface area is 122 Å². The summed E-state index contributed by atoms with van der Waals surface area (Å²) in [4.78, 5) is 4.34. The highest BCUT2D eigenvalue weighted by Gasteiger charge is 2.20. The molecule has 1 aliphatic rings. The minimum absolute atomic E-state index is 0.581. The van der Waals surface area contributed by atoms with Crippen molar-refractivity contribution in [2.24, 2.45) is 18.0 Å². The van der Waals surface area contributed by atoms with E-state index in [1.807, 2.05) is 7.05 Å². The SMILES string of the molecule is CCC1CCC(NC(=NC)NCc2cccn2C)CC1. The van der Waals surface area contributed by atoms with Gasteiger partial charge in [-0.2, -0.15) is 0 Å². The average molecular weight is 276 g/mol. The van der Waals surface area contributed by atoms with Gasteiger partial charge in [0.2, 0.25) is 0 Å². The zero-order chi connectivity index (χ0) is 14.4. The zero-order valence-corrected chi connectivity index (χ0v) is 13.0. The van der Waals surface area contributed by atoms with Crippen LogP contribution in [-0.4, -0.2) is 23.6 Å². The molecule has 112 valence electrons. The second kappa shape index (κ2) is 7.36. The number of hydrogen-bond donors (Lipinski definition) is 2. The van der Waals surface area contributed by atoms with Crippen molar-refractivity contribution in [1.82, 2.24) is 15.2 Å². The van der Waals surface area contributed by atoms with Crippen LogP contribution in [0.1, 0.15) is 44.7 Å². The largest absolute Gasteiger partial charge is 0.354 e. The average Bonchev–Trinajstić information content (AvgIpc) is 2.89. The first kappa shape index (κ1) is 14.9. The van der Waals surface area contributed by atoms with E-state index < -0.39 is 0 Å². The maximum Gasteiger partial charge on any atom is 0.191 e. The van der Waals surface area contributed by atoms with Crippen LogP contribution in [0.5, 0.6) is 0 Å². The van der Waals surface area contributed by atoms with E-state index in [0.29, 0.717) is 6.04 Å². The lowest BCUT2D eigenvalue weighted by atomic mass is 9.84. The molecule has 0 spiro atoms. The van der Waals surface area contributed by atoms with E-state index in [-0.39, 0.29) is 0 Å². The molecule has 0 aliphatic heterocycles. The van der Waals surface area contributed by atoms with Crippen LogP contribution in [0.15, 0.2) is 23.3 Å². The van der Waals surface area contributed by atoms with Crippen LogP contribution in [0.3, 0.4) is 0 Å². The van der Waals surface area contributed by atoms with Gasteiger partial charge < -0.3 is 15.2 Å². The van der Waals surface area contributed by atoms with Crippen molar-refractivity contribution < 1.29 is 0 Å². The number of hydrogen-bond acceptors (Lipinski definition) is 1. The Bertz CT molecular complexity index is 427. The molecule has 1 heterocycles. The lowest BCUT2D eigenvalue weighted by Gasteiger charge is -2.29. The van der Waals surface area contributed by atoms with Gasteiger partial charge in [-0.3, -0.25) is 4.99 Å². The quantitative estimate of drug-likeness (QED) is 0.656. The number of aliphatic imine (C=N–C) groups is 1. The first-order chi connectivity index (χ1) is 9.72. The van der Waals surface area contributed by atoms with E-state index in [2.05, 4.69) is 52.5 Å². The second-order valence-corrected chi connectivity index (χ2v) is 5.81. The third kappa shape index (κ3) is 4.02. The number of nitrogens with one attached hydrogen (secondary N) is 2. The molecule has 0 aromatic carbocycles. The van der Waals surface area contributed by atoms with E-state index in [9.17, 15) is 0 Å². The second-order valence-electron chi connectivity index (χ2n) is 5.81. The molecule has 0 bridgehead atoms. The normalized spacial score (nSPS) is 23.6. The monoisotopic (exact) mass is 276 g/mol. The molecule has 20 heavy (non-hydrogen) atoms. The molecule has 2 N–H and O–H groups in total. The summed E-state index contributed by atoms with van der Waals surface area (Å²) in [5, 5.41) is 6.96. The number of aromatic nitrogens is 1. The summed E-state index contributed by atoms with van der Waals surface area (Å²) >= 11 is 0. The Kier molecular flexibility index (Phi) is 5.50. The first-order valence-corrected chi connectivity index (χ1v) is 7.80. The van der Waals surface area contributed by atoms with E-state index in [0.717, 1.165) is 18.4 Å². The number of nitrogens with zero attached hydrogens (tertiary/aromatic N) is 2. The van der Waals surface area contributed by atoms with Crippen LogP contribution in [0.4, 0.5) is 0 Å². The molecule has 2 rings (SSSR count). The highest BCUT2D eigenvalue weighted by Crippen LogP contribution is 2.26. The molecule has 1 fully saturated rings. The summed E-state index contributed by atoms with van der Waals surface area (Å²) in [6, 6.07) is 4.78. The molecule has 1 aliphatic carbocycles. The highest BCUT2D eigenvalue weighted by molar-refractivity contribution is 5.79. The Morgan fingerprint density at radius 1 is 1.35 bits per heavy atom. The highest BCUT2D eigenvalue weighted by atomic mass is 15.2. The van der Waals surface area contributed by atoms with Gasteiger partial charge >= 0.3 is 0 Å². The van der Waals surface area contributed by atoms with Crippen LogP contribution in [0, 0.1) is 5.92 Å². The maximum atomic E-state index is 4.34. The van der Waals surface area contributed by atoms with Gasteiger partial charge in [-0.25, -0.2) is 0 Å². The fourth-order valence-electron chi connectivity index (χ4n) is 2.96. The molecule has 1 aromatic heterocycles. The first-order valence-electron chi connectivity index (χ1n) is 7.80. The summed E-state index contributed by atoms with van der Waals surface area (Å²) in [7, 11) is 3.91. The molecule has 0 saturated heterocycles. The summed E-state index contributed by atoms with van der Waals surface area (Å²) in [5.74, 6) is 1.86. The van der Waals surface area contributed by atoms with Gasteiger partial charge in [-0.1, -0.05) is 13.3 Å². The molecule has 0 radical (unpaired) electrons. The van der Waals surface area contributed by atoms with Crippen molar-refractivity contribution in [2.45, 2.75) is 51.6 Å². The molecule has 0 unspecified atom stereocenters. The fraction of sp³-hybridized carbons (Fsp3) is 0.688. The summed E-state index contributed by atoms with van der Waals surface area (Å²) in [6.45, 7) is 3.12. The van der Waals surface area contributed by atoms with E-state index in [1.54, 1.807) is 0 Å². The third-order valence-corrected chi connectivity index (χ3v) is 4.48. The number of rotatable bonds is 4. The number of aryl methyl sites for hydroxylation is 1. The fourth-order valence-corrected chi connectivity index (χ4v) is 2.96. The van der Waals surface area contributed by atoms with Gasteiger partial charge in [-0.15, -0.1) is 0 Å². The summed E-state index contributed by atoms with van der Waals surface area (Å²) in [5.41, 5.74) is 1.27. The predicted octanol–water partition coefficient (Wildman–Crippen LogP) is 2.66. The Balaban J connectivity index is 1.77. The lowest BCUT2D eigenvalue weighted by molar-refractivity contribution is 0.304. The molecular formula is C16H28N4.